The molecule has 212 valence electrons. The molecule has 0 radical (unpaired) electrons. The molecule has 0 saturated carbocycles. The van der Waals surface area contributed by atoms with Crippen LogP contribution >= 0.6 is 0 Å². The summed E-state index contributed by atoms with van der Waals surface area (Å²) in [5.74, 6) is -2.36. The number of carbonyl (C=O) groups excluding carboxylic acids is 2. The summed E-state index contributed by atoms with van der Waals surface area (Å²) in [5, 5.41) is 25.3. The van der Waals surface area contributed by atoms with E-state index in [1.54, 1.807) is 13.8 Å². The smallest absolute Gasteiger partial charge is 0.305 e. The largest absolute Gasteiger partial charge is 0.481 e. The van der Waals surface area contributed by atoms with Crippen molar-refractivity contribution in [2.75, 3.05) is 18.5 Å². The number of carbonyl (C=O) groups is 3. The Labute approximate surface area is 229 Å². The number of amides is 1. The highest BCUT2D eigenvalue weighted by Crippen LogP contribution is 2.21. The van der Waals surface area contributed by atoms with Crippen LogP contribution in [0.1, 0.15) is 48.3 Å². The van der Waals surface area contributed by atoms with Gasteiger partial charge in [0.25, 0.3) is 5.56 Å². The number of nitrogens with one attached hydrogen (secondary N) is 3. The van der Waals surface area contributed by atoms with Gasteiger partial charge in [-0.25, -0.2) is 9.61 Å². The minimum Gasteiger partial charge on any atom is -0.481 e. The summed E-state index contributed by atoms with van der Waals surface area (Å²) in [5.41, 5.74) is 2.95. The molecular formula is C26H32N8O6. The van der Waals surface area contributed by atoms with Crippen LogP contribution < -0.4 is 21.5 Å². The zero-order valence-electron chi connectivity index (χ0n) is 22.3. The minimum atomic E-state index is -1.26. The fourth-order valence-corrected chi connectivity index (χ4v) is 4.54. The predicted molar refractivity (Wildman–Crippen MR) is 142 cm³/mol. The molecule has 0 fully saturated rings. The van der Waals surface area contributed by atoms with E-state index in [0.717, 1.165) is 13.1 Å². The Balaban J connectivity index is 1.37. The summed E-state index contributed by atoms with van der Waals surface area (Å²) in [4.78, 5) is 56.9. The summed E-state index contributed by atoms with van der Waals surface area (Å²) in [6.45, 7) is 5.35. The monoisotopic (exact) mass is 552 g/mol. The number of aryl methyl sites for hydroxylation is 1. The van der Waals surface area contributed by atoms with Gasteiger partial charge in [0.05, 0.1) is 25.6 Å². The van der Waals surface area contributed by atoms with E-state index in [1.165, 1.54) is 28.1 Å². The van der Waals surface area contributed by atoms with E-state index < -0.39 is 41.7 Å². The van der Waals surface area contributed by atoms with Crippen LogP contribution in [0.25, 0.3) is 0 Å². The second-order valence-electron chi connectivity index (χ2n) is 9.53. The highest BCUT2D eigenvalue weighted by molar-refractivity contribution is 5.93. The third-order valence-electron chi connectivity index (χ3n) is 6.69. The maximum absolute atomic E-state index is 13.2. The van der Waals surface area contributed by atoms with Gasteiger partial charge in [0.15, 0.2) is 11.6 Å². The fraction of sp³-hybridized carbons (Fsp3) is 0.423. The molecule has 2 atom stereocenters. The van der Waals surface area contributed by atoms with Crippen LogP contribution in [0, 0.1) is 6.92 Å². The molecule has 2 aromatic heterocycles. The number of carboxylic acids is 1. The molecule has 3 aromatic rings. The summed E-state index contributed by atoms with van der Waals surface area (Å²) in [6.07, 6.45) is 2.37. The lowest BCUT2D eigenvalue weighted by Gasteiger charge is -2.23. The molecule has 1 unspecified atom stereocenters. The number of ketones is 1. The minimum absolute atomic E-state index is 0.0115. The molecule has 1 aliphatic rings. The normalized spacial score (nSPS) is 14.3. The molecule has 0 spiro atoms. The van der Waals surface area contributed by atoms with E-state index in [1.807, 2.05) is 12.1 Å². The van der Waals surface area contributed by atoms with Crippen molar-refractivity contribution in [1.82, 2.24) is 35.4 Å². The highest BCUT2D eigenvalue weighted by Gasteiger charge is 2.28. The van der Waals surface area contributed by atoms with E-state index in [2.05, 4.69) is 52.9 Å². The number of aliphatic carboxylic acids is 1. The van der Waals surface area contributed by atoms with Gasteiger partial charge in [-0.2, -0.15) is 0 Å². The zero-order valence-corrected chi connectivity index (χ0v) is 22.3. The van der Waals surface area contributed by atoms with E-state index in [4.69, 9.17) is 0 Å². The molecule has 0 aliphatic carbocycles. The molecule has 40 heavy (non-hydrogen) atoms. The van der Waals surface area contributed by atoms with Crippen molar-refractivity contribution in [2.45, 2.75) is 58.4 Å². The van der Waals surface area contributed by atoms with Crippen molar-refractivity contribution in [2.24, 2.45) is 0 Å². The van der Waals surface area contributed by atoms with E-state index in [9.17, 15) is 24.3 Å². The van der Waals surface area contributed by atoms with E-state index in [0.29, 0.717) is 18.1 Å². The standard InChI is InChI=1S/C26H32N8O6/c1-3-21(34-9-8-28-24(26(34)39)29-11-20-16(2)31-40-32-20)25(38)30-19(10-23(36)37)22(35)12-27-15-33-13-17-6-4-5-7-18(17)14-33/h4-9,19,21,27H,3,10-15H2,1-2H3,(H,28,29)(H,30,38)(H,36,37)/t19-,21?/m0/s1. The van der Waals surface area contributed by atoms with Crippen molar-refractivity contribution in [3.63, 3.8) is 0 Å². The first kappa shape index (κ1) is 28.6. The highest BCUT2D eigenvalue weighted by atomic mass is 16.6. The first-order valence-corrected chi connectivity index (χ1v) is 12.9. The second-order valence-corrected chi connectivity index (χ2v) is 9.53. The number of Topliss-reactive ketones (excluding diaryl/α,β-unsaturated/α-hetero) is 1. The van der Waals surface area contributed by atoms with Gasteiger partial charge in [-0.1, -0.05) is 41.5 Å². The number of hydrogen-bond donors (Lipinski definition) is 4. The number of rotatable bonds is 14. The number of carboxylic acid groups (broad SMARTS) is 1. The van der Waals surface area contributed by atoms with Gasteiger partial charge < -0.3 is 15.7 Å². The molecule has 4 rings (SSSR count). The summed E-state index contributed by atoms with van der Waals surface area (Å²) in [7, 11) is 0. The summed E-state index contributed by atoms with van der Waals surface area (Å²) >= 11 is 0. The van der Waals surface area contributed by atoms with Crippen molar-refractivity contribution >= 4 is 23.5 Å². The number of anilines is 1. The topological polar surface area (TPSA) is 185 Å². The number of hydrogen-bond acceptors (Lipinski definition) is 11. The molecule has 3 heterocycles. The quantitative estimate of drug-likeness (QED) is 0.218. The average molecular weight is 553 g/mol. The molecule has 1 aliphatic heterocycles. The average Bonchev–Trinajstić information content (AvgIpc) is 3.53. The van der Waals surface area contributed by atoms with Crippen LogP contribution in [0.2, 0.25) is 0 Å². The van der Waals surface area contributed by atoms with Crippen LogP contribution in [0.5, 0.6) is 0 Å². The first-order valence-electron chi connectivity index (χ1n) is 12.9. The van der Waals surface area contributed by atoms with Gasteiger partial charge in [-0.3, -0.25) is 34.0 Å². The fourth-order valence-electron chi connectivity index (χ4n) is 4.54. The Bertz CT molecular complexity index is 1390. The Morgan fingerprint density at radius 3 is 2.50 bits per heavy atom. The molecule has 4 N–H and O–H groups in total. The van der Waals surface area contributed by atoms with Gasteiger partial charge in [0.1, 0.15) is 17.4 Å². The predicted octanol–water partition coefficient (Wildman–Crippen LogP) is 0.589. The Kier molecular flexibility index (Phi) is 9.35. The maximum atomic E-state index is 13.2. The van der Waals surface area contributed by atoms with Crippen LogP contribution in [-0.4, -0.2) is 66.8 Å². The zero-order chi connectivity index (χ0) is 28.6. The lowest BCUT2D eigenvalue weighted by Crippen LogP contribution is -2.49. The van der Waals surface area contributed by atoms with Crippen molar-refractivity contribution in [3.8, 4) is 0 Å². The van der Waals surface area contributed by atoms with Crippen LogP contribution in [0.3, 0.4) is 0 Å². The van der Waals surface area contributed by atoms with Crippen molar-refractivity contribution in [1.29, 1.82) is 0 Å². The van der Waals surface area contributed by atoms with E-state index in [-0.39, 0.29) is 25.3 Å². The molecule has 0 saturated heterocycles. The Morgan fingerprint density at radius 2 is 1.88 bits per heavy atom. The lowest BCUT2D eigenvalue weighted by atomic mass is 10.1. The maximum Gasteiger partial charge on any atom is 0.305 e. The van der Waals surface area contributed by atoms with Gasteiger partial charge >= 0.3 is 5.97 Å². The summed E-state index contributed by atoms with van der Waals surface area (Å²) in [6, 6.07) is 5.83. The molecule has 1 amide bonds. The van der Waals surface area contributed by atoms with Crippen LogP contribution in [0.4, 0.5) is 5.82 Å². The van der Waals surface area contributed by atoms with Gasteiger partial charge in [-0.05, 0) is 24.5 Å². The molecule has 0 bridgehead atoms. The van der Waals surface area contributed by atoms with Crippen LogP contribution in [0.15, 0.2) is 46.1 Å². The van der Waals surface area contributed by atoms with E-state index >= 15 is 0 Å². The number of fused-ring (bicyclic) bond motifs is 1. The molecular weight excluding hydrogens is 520 g/mol. The van der Waals surface area contributed by atoms with Crippen LogP contribution in [-0.2, 0) is 34.0 Å². The van der Waals surface area contributed by atoms with Crippen molar-refractivity contribution in [3.05, 3.63) is 69.5 Å². The number of aromatic nitrogens is 4. The second kappa shape index (κ2) is 13.1. The SMILES string of the molecule is CCC(C(=O)N[C@@H](CC(=O)O)C(=O)CNCN1Cc2ccccc2C1)n1ccnc(NCc2nonc2C)c1=O. The Morgan fingerprint density at radius 1 is 1.15 bits per heavy atom. The molecule has 14 nitrogen and oxygen atoms in total. The molecule has 14 heteroatoms. The number of nitrogens with zero attached hydrogens (tertiary/aromatic N) is 5. The van der Waals surface area contributed by atoms with Crippen molar-refractivity contribution < 1.29 is 24.1 Å². The molecule has 1 aromatic carbocycles. The third-order valence-corrected chi connectivity index (χ3v) is 6.69. The third kappa shape index (κ3) is 6.95. The first-order chi connectivity index (χ1) is 19.3. The summed E-state index contributed by atoms with van der Waals surface area (Å²) < 4.78 is 5.85. The Hall–Kier alpha value is -4.43. The number of benzene rings is 1. The van der Waals surface area contributed by atoms with Gasteiger partial charge in [0, 0.05) is 32.2 Å². The lowest BCUT2D eigenvalue weighted by molar-refractivity contribution is -0.140. The van der Waals surface area contributed by atoms with Gasteiger partial charge in [0.2, 0.25) is 5.91 Å². The van der Waals surface area contributed by atoms with Gasteiger partial charge in [-0.15, -0.1) is 0 Å².